The first-order chi connectivity index (χ1) is 19.1. The van der Waals surface area contributed by atoms with Crippen molar-refractivity contribution in [2.24, 2.45) is 0 Å². The molecule has 40 heavy (non-hydrogen) atoms. The summed E-state index contributed by atoms with van der Waals surface area (Å²) < 4.78 is 34.1. The summed E-state index contributed by atoms with van der Waals surface area (Å²) >= 11 is 0. The van der Waals surface area contributed by atoms with Crippen molar-refractivity contribution in [3.63, 3.8) is 0 Å². The molecule has 0 aliphatic heterocycles. The van der Waals surface area contributed by atoms with Crippen LogP contribution in [0.15, 0.2) is 77.7 Å². The number of nitrogens with zero attached hydrogens (tertiary/aromatic N) is 2. The van der Waals surface area contributed by atoms with Crippen molar-refractivity contribution in [2.45, 2.75) is 58.0 Å². The fourth-order valence-electron chi connectivity index (χ4n) is 4.18. The minimum atomic E-state index is -4.09. The minimum absolute atomic E-state index is 0.0769. The molecule has 1 N–H and O–H groups in total. The summed E-state index contributed by atoms with van der Waals surface area (Å²) in [7, 11) is -2.52. The molecule has 0 bridgehead atoms. The topological polar surface area (TPSA) is 96.0 Å². The van der Waals surface area contributed by atoms with E-state index in [1.165, 1.54) is 17.0 Å². The Morgan fingerprint density at radius 3 is 2.23 bits per heavy atom. The summed E-state index contributed by atoms with van der Waals surface area (Å²) in [6, 6.07) is 19.7. The van der Waals surface area contributed by atoms with Crippen molar-refractivity contribution >= 4 is 27.5 Å². The summed E-state index contributed by atoms with van der Waals surface area (Å²) in [5.41, 5.74) is 3.07. The number of amides is 2. The zero-order chi connectivity index (χ0) is 29.3. The van der Waals surface area contributed by atoms with Gasteiger partial charge in [0.2, 0.25) is 11.8 Å². The fourth-order valence-corrected chi connectivity index (χ4v) is 5.60. The second-order valence-corrected chi connectivity index (χ2v) is 11.6. The van der Waals surface area contributed by atoms with Crippen LogP contribution in [0.5, 0.6) is 5.75 Å². The lowest BCUT2D eigenvalue weighted by molar-refractivity contribution is -0.139. The van der Waals surface area contributed by atoms with E-state index in [2.05, 4.69) is 5.32 Å². The highest BCUT2D eigenvalue weighted by molar-refractivity contribution is 7.92. The zero-order valence-electron chi connectivity index (χ0n) is 23.9. The zero-order valence-corrected chi connectivity index (χ0v) is 24.7. The van der Waals surface area contributed by atoms with Crippen molar-refractivity contribution < 1.29 is 22.7 Å². The van der Waals surface area contributed by atoms with E-state index in [9.17, 15) is 18.0 Å². The van der Waals surface area contributed by atoms with Crippen molar-refractivity contribution in [3.05, 3.63) is 89.5 Å². The van der Waals surface area contributed by atoms with Gasteiger partial charge < -0.3 is 15.0 Å². The van der Waals surface area contributed by atoms with Crippen LogP contribution in [0, 0.1) is 13.8 Å². The van der Waals surface area contributed by atoms with Gasteiger partial charge in [0, 0.05) is 13.1 Å². The van der Waals surface area contributed by atoms with Crippen molar-refractivity contribution in [3.8, 4) is 5.75 Å². The average Bonchev–Trinajstić information content (AvgIpc) is 2.96. The van der Waals surface area contributed by atoms with Gasteiger partial charge in [0.1, 0.15) is 18.3 Å². The number of hydrogen-bond acceptors (Lipinski definition) is 5. The normalized spacial score (nSPS) is 11.9. The molecule has 2 amide bonds. The molecule has 8 nitrogen and oxygen atoms in total. The Hall–Kier alpha value is -3.85. The molecule has 0 saturated carbocycles. The van der Waals surface area contributed by atoms with Crippen LogP contribution in [-0.2, 0) is 26.2 Å². The van der Waals surface area contributed by atoms with Gasteiger partial charge in [0.05, 0.1) is 17.7 Å². The summed E-state index contributed by atoms with van der Waals surface area (Å²) in [4.78, 5) is 28.5. The molecule has 214 valence electrons. The monoisotopic (exact) mass is 565 g/mol. The van der Waals surface area contributed by atoms with Gasteiger partial charge in [-0.3, -0.25) is 13.9 Å². The van der Waals surface area contributed by atoms with E-state index in [-0.39, 0.29) is 17.3 Å². The van der Waals surface area contributed by atoms with Crippen LogP contribution >= 0.6 is 0 Å². The van der Waals surface area contributed by atoms with Crippen molar-refractivity contribution in [1.82, 2.24) is 10.2 Å². The maximum atomic E-state index is 14.0. The maximum absolute atomic E-state index is 14.0. The molecule has 0 aliphatic rings. The average molecular weight is 566 g/mol. The molecule has 0 unspecified atom stereocenters. The molecule has 0 aromatic heterocycles. The summed E-state index contributed by atoms with van der Waals surface area (Å²) in [5.74, 6) is -0.118. The largest absolute Gasteiger partial charge is 0.497 e. The van der Waals surface area contributed by atoms with Crippen LogP contribution in [0.2, 0.25) is 0 Å². The number of hydrogen-bond donors (Lipinski definition) is 1. The van der Waals surface area contributed by atoms with Gasteiger partial charge in [-0.15, -0.1) is 0 Å². The Labute approximate surface area is 238 Å². The molecular weight excluding hydrogens is 526 g/mol. The smallest absolute Gasteiger partial charge is 0.264 e. The van der Waals surface area contributed by atoms with Crippen molar-refractivity contribution in [1.29, 1.82) is 0 Å². The number of anilines is 1. The van der Waals surface area contributed by atoms with Gasteiger partial charge >= 0.3 is 0 Å². The number of unbranched alkanes of at least 4 members (excludes halogenated alkanes) is 1. The number of benzene rings is 3. The van der Waals surface area contributed by atoms with Crippen LogP contribution in [0.25, 0.3) is 0 Å². The number of sulfonamides is 1. The van der Waals surface area contributed by atoms with Gasteiger partial charge in [-0.2, -0.15) is 0 Å². The molecule has 1 atom stereocenters. The molecule has 3 rings (SSSR count). The van der Waals surface area contributed by atoms with E-state index < -0.39 is 28.5 Å². The molecule has 3 aromatic carbocycles. The highest BCUT2D eigenvalue weighted by Gasteiger charge is 2.32. The minimum Gasteiger partial charge on any atom is -0.497 e. The van der Waals surface area contributed by atoms with Gasteiger partial charge in [0.15, 0.2) is 0 Å². The molecule has 0 spiro atoms. The predicted molar refractivity (Wildman–Crippen MR) is 158 cm³/mol. The third-order valence-electron chi connectivity index (χ3n) is 6.90. The maximum Gasteiger partial charge on any atom is 0.264 e. The number of aryl methyl sites for hydroxylation is 2. The van der Waals surface area contributed by atoms with Gasteiger partial charge in [-0.05, 0) is 80.3 Å². The van der Waals surface area contributed by atoms with E-state index in [1.807, 2.05) is 39.0 Å². The van der Waals surface area contributed by atoms with Gasteiger partial charge in [-0.1, -0.05) is 49.7 Å². The van der Waals surface area contributed by atoms with Crippen LogP contribution in [-0.4, -0.2) is 51.4 Å². The van der Waals surface area contributed by atoms with Crippen LogP contribution < -0.4 is 14.4 Å². The first kappa shape index (κ1) is 30.7. The van der Waals surface area contributed by atoms with E-state index in [0.29, 0.717) is 18.0 Å². The SMILES string of the molecule is CCCCNC(=O)[C@@H](C)N(Cc1ccc(OC)cc1)C(=O)CN(c1ccc(C)c(C)c1)S(=O)(=O)c1ccccc1. The van der Waals surface area contributed by atoms with E-state index in [4.69, 9.17) is 4.74 Å². The lowest BCUT2D eigenvalue weighted by Crippen LogP contribution is -2.51. The first-order valence-electron chi connectivity index (χ1n) is 13.4. The molecule has 3 aromatic rings. The Bertz CT molecular complexity index is 1390. The number of ether oxygens (including phenoxy) is 1. The lowest BCUT2D eigenvalue weighted by Gasteiger charge is -2.32. The third-order valence-corrected chi connectivity index (χ3v) is 8.69. The second kappa shape index (κ2) is 14.0. The fraction of sp³-hybridized carbons (Fsp3) is 0.355. The lowest BCUT2D eigenvalue weighted by atomic mass is 10.1. The Morgan fingerprint density at radius 2 is 1.62 bits per heavy atom. The van der Waals surface area contributed by atoms with Gasteiger partial charge in [0.25, 0.3) is 10.0 Å². The summed E-state index contributed by atoms with van der Waals surface area (Å²) in [6.45, 7) is 7.68. The first-order valence-corrected chi connectivity index (χ1v) is 14.9. The standard InChI is InChI=1S/C31H39N3O5S/c1-6-7-19-32-31(36)25(4)33(21-26-14-17-28(39-5)18-15-26)30(35)22-34(27-16-13-23(2)24(3)20-27)40(37,38)29-11-9-8-10-12-29/h8-18,20,25H,6-7,19,21-22H2,1-5H3,(H,32,36)/t25-/m1/s1. The number of methoxy groups -OCH3 is 1. The number of carbonyl (C=O) groups excluding carboxylic acids is 2. The summed E-state index contributed by atoms with van der Waals surface area (Å²) in [5, 5.41) is 2.89. The Morgan fingerprint density at radius 1 is 0.950 bits per heavy atom. The predicted octanol–water partition coefficient (Wildman–Crippen LogP) is 4.84. The van der Waals surface area contributed by atoms with Crippen LogP contribution in [0.1, 0.15) is 43.4 Å². The van der Waals surface area contributed by atoms with E-state index >= 15 is 0 Å². The van der Waals surface area contributed by atoms with Crippen molar-refractivity contribution in [2.75, 3.05) is 24.5 Å². The molecule has 9 heteroatoms. The third kappa shape index (κ3) is 7.63. The Kier molecular flexibility index (Phi) is 10.7. The number of carbonyl (C=O) groups is 2. The highest BCUT2D eigenvalue weighted by atomic mass is 32.2. The molecule has 0 radical (unpaired) electrons. The van der Waals surface area contributed by atoms with Crippen LogP contribution in [0.3, 0.4) is 0 Å². The molecule has 0 heterocycles. The van der Waals surface area contributed by atoms with E-state index in [1.54, 1.807) is 56.5 Å². The molecule has 0 aliphatic carbocycles. The quantitative estimate of drug-likeness (QED) is 0.299. The second-order valence-electron chi connectivity index (χ2n) is 9.78. The highest BCUT2D eigenvalue weighted by Crippen LogP contribution is 2.26. The molecule has 0 fully saturated rings. The number of nitrogens with one attached hydrogen (secondary N) is 1. The van der Waals surface area contributed by atoms with Gasteiger partial charge in [-0.25, -0.2) is 8.42 Å². The molecule has 0 saturated heterocycles. The van der Waals surface area contributed by atoms with E-state index in [0.717, 1.165) is 33.8 Å². The number of rotatable bonds is 13. The summed E-state index contributed by atoms with van der Waals surface area (Å²) in [6.07, 6.45) is 1.74. The Balaban J connectivity index is 2.00. The molecular formula is C31H39N3O5S. The van der Waals surface area contributed by atoms with Crippen LogP contribution in [0.4, 0.5) is 5.69 Å².